The van der Waals surface area contributed by atoms with E-state index in [0.29, 0.717) is 43.3 Å². The first-order chi connectivity index (χ1) is 14.3. The van der Waals surface area contributed by atoms with E-state index in [9.17, 15) is 13.2 Å². The van der Waals surface area contributed by atoms with Crippen LogP contribution in [0.1, 0.15) is 49.6 Å². The monoisotopic (exact) mass is 435 g/mol. The predicted molar refractivity (Wildman–Crippen MR) is 113 cm³/mol. The fourth-order valence-electron chi connectivity index (χ4n) is 3.63. The number of aromatic nitrogens is 1. The number of nitrogens with zero attached hydrogens (tertiary/aromatic N) is 2. The Kier molecular flexibility index (Phi) is 7.14. The number of sulfonamides is 1. The zero-order valence-corrected chi connectivity index (χ0v) is 18.5. The second-order valence-corrected chi connectivity index (χ2v) is 9.32. The molecule has 0 saturated carbocycles. The van der Waals surface area contributed by atoms with E-state index in [2.05, 4.69) is 10.5 Å². The summed E-state index contributed by atoms with van der Waals surface area (Å²) in [5, 5.41) is 6.70. The molecule has 164 valence electrons. The molecule has 8 nitrogen and oxygen atoms in total. The van der Waals surface area contributed by atoms with E-state index in [1.54, 1.807) is 12.1 Å². The van der Waals surface area contributed by atoms with Gasteiger partial charge in [0.1, 0.15) is 16.4 Å². The lowest BCUT2D eigenvalue weighted by Crippen LogP contribution is -2.35. The molecule has 0 spiro atoms. The molecule has 1 fully saturated rings. The van der Waals surface area contributed by atoms with Crippen LogP contribution in [0.3, 0.4) is 0 Å². The van der Waals surface area contributed by atoms with E-state index < -0.39 is 10.0 Å². The standard InChI is InChI=1S/C21H29N3O5S/c1-4-28-19-10-8-17(14-20(19)30(26,27)24-12-6-5-7-13-24)22-21(25)11-9-18-15(2)23-29-16(18)3/h8,10,14H,4-7,9,11-13H2,1-3H3,(H,22,25). The minimum atomic E-state index is -3.70. The largest absolute Gasteiger partial charge is 0.492 e. The second kappa shape index (κ2) is 9.61. The van der Waals surface area contributed by atoms with Crippen LogP contribution >= 0.6 is 0 Å². The van der Waals surface area contributed by atoms with Gasteiger partial charge in [-0.15, -0.1) is 0 Å². The topological polar surface area (TPSA) is 102 Å². The summed E-state index contributed by atoms with van der Waals surface area (Å²) in [6, 6.07) is 4.75. The predicted octanol–water partition coefficient (Wildman–Crippen LogP) is 3.44. The highest BCUT2D eigenvalue weighted by Gasteiger charge is 2.29. The van der Waals surface area contributed by atoms with Gasteiger partial charge in [-0.1, -0.05) is 11.6 Å². The third-order valence-electron chi connectivity index (χ3n) is 5.24. The minimum absolute atomic E-state index is 0.0924. The van der Waals surface area contributed by atoms with E-state index >= 15 is 0 Å². The molecular formula is C21H29N3O5S. The molecule has 1 amide bonds. The molecule has 0 radical (unpaired) electrons. The quantitative estimate of drug-likeness (QED) is 0.682. The van der Waals surface area contributed by atoms with Gasteiger partial charge in [0.15, 0.2) is 0 Å². The van der Waals surface area contributed by atoms with Crippen LogP contribution in [0.25, 0.3) is 0 Å². The normalized spacial score (nSPS) is 15.2. The van der Waals surface area contributed by atoms with Crippen molar-refractivity contribution in [3.8, 4) is 5.75 Å². The van der Waals surface area contributed by atoms with Crippen LogP contribution < -0.4 is 10.1 Å². The lowest BCUT2D eigenvalue weighted by molar-refractivity contribution is -0.116. The van der Waals surface area contributed by atoms with E-state index in [1.807, 2.05) is 20.8 Å². The van der Waals surface area contributed by atoms with Crippen LogP contribution in [0.2, 0.25) is 0 Å². The Hall–Kier alpha value is -2.39. The van der Waals surface area contributed by atoms with Gasteiger partial charge < -0.3 is 14.6 Å². The Bertz CT molecular complexity index is 975. The van der Waals surface area contributed by atoms with E-state index in [0.717, 1.165) is 30.5 Å². The van der Waals surface area contributed by atoms with Crippen molar-refractivity contribution >= 4 is 21.6 Å². The number of hydrogen-bond acceptors (Lipinski definition) is 6. The molecule has 0 atom stereocenters. The Morgan fingerprint density at radius 3 is 2.60 bits per heavy atom. The van der Waals surface area contributed by atoms with E-state index in [1.165, 1.54) is 10.4 Å². The number of benzene rings is 1. The molecular weight excluding hydrogens is 406 g/mol. The van der Waals surface area contributed by atoms with Crippen molar-refractivity contribution in [1.29, 1.82) is 0 Å². The van der Waals surface area contributed by atoms with Crippen LogP contribution in [-0.2, 0) is 21.2 Å². The molecule has 3 rings (SSSR count). The van der Waals surface area contributed by atoms with Crippen molar-refractivity contribution in [2.24, 2.45) is 0 Å². The molecule has 1 N–H and O–H groups in total. The van der Waals surface area contributed by atoms with Crippen molar-refractivity contribution in [3.63, 3.8) is 0 Å². The summed E-state index contributed by atoms with van der Waals surface area (Å²) in [5.74, 6) is 0.800. The summed E-state index contributed by atoms with van der Waals surface area (Å²) in [6.45, 7) is 6.82. The van der Waals surface area contributed by atoms with Gasteiger partial charge in [0.25, 0.3) is 0 Å². The molecule has 1 saturated heterocycles. The van der Waals surface area contributed by atoms with Crippen molar-refractivity contribution in [2.75, 3.05) is 25.0 Å². The number of aryl methyl sites for hydroxylation is 2. The van der Waals surface area contributed by atoms with Gasteiger partial charge in [-0.25, -0.2) is 8.42 Å². The summed E-state index contributed by atoms with van der Waals surface area (Å²) < 4.78 is 38.6. The average Bonchev–Trinajstić information content (AvgIpc) is 3.06. The van der Waals surface area contributed by atoms with Crippen molar-refractivity contribution in [3.05, 3.63) is 35.2 Å². The highest BCUT2D eigenvalue weighted by atomic mass is 32.2. The molecule has 9 heteroatoms. The maximum Gasteiger partial charge on any atom is 0.246 e. The first-order valence-corrected chi connectivity index (χ1v) is 11.8. The molecule has 0 unspecified atom stereocenters. The Morgan fingerprint density at radius 2 is 1.97 bits per heavy atom. The average molecular weight is 436 g/mol. The second-order valence-electron chi connectivity index (χ2n) is 7.41. The number of carbonyl (C=O) groups excluding carboxylic acids is 1. The lowest BCUT2D eigenvalue weighted by atomic mass is 10.1. The van der Waals surface area contributed by atoms with Crippen molar-refractivity contribution < 1.29 is 22.5 Å². The van der Waals surface area contributed by atoms with E-state index in [4.69, 9.17) is 9.26 Å². The molecule has 1 aromatic heterocycles. The molecule has 0 aliphatic carbocycles. The van der Waals surface area contributed by atoms with Gasteiger partial charge in [-0.2, -0.15) is 4.31 Å². The molecule has 1 aliphatic heterocycles. The van der Waals surface area contributed by atoms with Gasteiger partial charge in [0.05, 0.1) is 12.3 Å². The third-order valence-corrected chi connectivity index (χ3v) is 7.16. The maximum absolute atomic E-state index is 13.2. The minimum Gasteiger partial charge on any atom is -0.492 e. The zero-order valence-electron chi connectivity index (χ0n) is 17.7. The maximum atomic E-state index is 13.2. The van der Waals surface area contributed by atoms with Gasteiger partial charge >= 0.3 is 0 Å². The van der Waals surface area contributed by atoms with Crippen LogP contribution in [0, 0.1) is 13.8 Å². The van der Waals surface area contributed by atoms with Gasteiger partial charge in [-0.05, 0) is 58.2 Å². The summed E-state index contributed by atoms with van der Waals surface area (Å²) in [7, 11) is -3.70. The molecule has 2 aromatic rings. The molecule has 0 bridgehead atoms. The molecule has 30 heavy (non-hydrogen) atoms. The van der Waals surface area contributed by atoms with Crippen LogP contribution in [0.4, 0.5) is 5.69 Å². The SMILES string of the molecule is CCOc1ccc(NC(=O)CCc2c(C)noc2C)cc1S(=O)(=O)N1CCCCC1. The summed E-state index contributed by atoms with van der Waals surface area (Å²) in [5.41, 5.74) is 2.12. The highest BCUT2D eigenvalue weighted by Crippen LogP contribution is 2.31. The smallest absolute Gasteiger partial charge is 0.246 e. The van der Waals surface area contributed by atoms with Gasteiger partial charge in [-0.3, -0.25) is 4.79 Å². The molecule has 2 heterocycles. The molecule has 1 aliphatic rings. The van der Waals surface area contributed by atoms with Gasteiger partial charge in [0, 0.05) is 30.8 Å². The number of piperidine rings is 1. The van der Waals surface area contributed by atoms with Crippen molar-refractivity contribution in [1.82, 2.24) is 9.46 Å². The summed E-state index contributed by atoms with van der Waals surface area (Å²) in [6.07, 6.45) is 3.47. The number of carbonyl (C=O) groups is 1. The third kappa shape index (κ3) is 5.02. The zero-order chi connectivity index (χ0) is 21.7. The Balaban J connectivity index is 1.77. The number of amides is 1. The highest BCUT2D eigenvalue weighted by molar-refractivity contribution is 7.89. The summed E-state index contributed by atoms with van der Waals surface area (Å²) >= 11 is 0. The fourth-order valence-corrected chi connectivity index (χ4v) is 5.30. The van der Waals surface area contributed by atoms with E-state index in [-0.39, 0.29) is 17.2 Å². The number of anilines is 1. The number of nitrogens with one attached hydrogen (secondary N) is 1. The first kappa shape index (κ1) is 22.3. The van der Waals surface area contributed by atoms with Crippen LogP contribution in [0.15, 0.2) is 27.6 Å². The van der Waals surface area contributed by atoms with Crippen LogP contribution in [0.5, 0.6) is 5.75 Å². The Labute approximate surface area is 177 Å². The summed E-state index contributed by atoms with van der Waals surface area (Å²) in [4.78, 5) is 12.5. The first-order valence-electron chi connectivity index (χ1n) is 10.3. The van der Waals surface area contributed by atoms with Crippen LogP contribution in [-0.4, -0.2) is 43.5 Å². The number of ether oxygens (including phenoxy) is 1. The van der Waals surface area contributed by atoms with Crippen molar-refractivity contribution in [2.45, 2.75) is 57.8 Å². The number of rotatable bonds is 8. The van der Waals surface area contributed by atoms with Gasteiger partial charge in [0.2, 0.25) is 15.9 Å². The molecule has 1 aromatic carbocycles. The fraction of sp³-hybridized carbons (Fsp3) is 0.524. The number of hydrogen-bond donors (Lipinski definition) is 1. The Morgan fingerprint density at radius 1 is 1.23 bits per heavy atom. The lowest BCUT2D eigenvalue weighted by Gasteiger charge is -2.27.